The van der Waals surface area contributed by atoms with Gasteiger partial charge in [-0.3, -0.25) is 14.6 Å². The fourth-order valence-corrected chi connectivity index (χ4v) is 1.60. The van der Waals surface area contributed by atoms with Crippen molar-refractivity contribution >= 4 is 18.2 Å². The predicted molar refractivity (Wildman–Crippen MR) is 81.7 cm³/mol. The Morgan fingerprint density at radius 2 is 1.74 bits per heavy atom. The van der Waals surface area contributed by atoms with Gasteiger partial charge in [-0.05, 0) is 12.1 Å². The van der Waals surface area contributed by atoms with Gasteiger partial charge in [-0.25, -0.2) is 0 Å². The van der Waals surface area contributed by atoms with E-state index < -0.39 is 17.5 Å². The third-order valence-electron chi connectivity index (χ3n) is 2.97. The molecule has 7 heteroatoms. The number of carbonyl (C=O) groups excluding carboxylic acids is 2. The van der Waals surface area contributed by atoms with E-state index in [1.165, 1.54) is 26.1 Å². The number of ether oxygens (including phenoxy) is 2. The summed E-state index contributed by atoms with van der Waals surface area (Å²) < 4.78 is 10.0. The molecule has 6 nitrogen and oxygen atoms in total. The molecule has 0 amide bonds. The van der Waals surface area contributed by atoms with Crippen LogP contribution in [0, 0.1) is 51.0 Å². The predicted octanol–water partition coefficient (Wildman–Crippen LogP) is 1.90. The maximum Gasteiger partial charge on any atom is 0.302 e. The van der Waals surface area contributed by atoms with Gasteiger partial charge in [-0.15, -0.1) is 6.42 Å². The van der Waals surface area contributed by atoms with Crippen LogP contribution in [0.4, 0.5) is 0 Å². The van der Waals surface area contributed by atoms with Crippen LogP contribution in [0.5, 0.6) is 5.75 Å². The van der Waals surface area contributed by atoms with Gasteiger partial charge in [0.1, 0.15) is 24.5 Å². The molecule has 1 rings (SSSR count). The number of hydrogen-bond donors (Lipinski definition) is 1. The van der Waals surface area contributed by atoms with E-state index in [4.69, 9.17) is 9.47 Å². The summed E-state index contributed by atoms with van der Waals surface area (Å²) in [4.78, 5) is 26.4. The Kier molecular flexibility index (Phi) is 10.3. The zero-order chi connectivity index (χ0) is 16.6. The van der Waals surface area contributed by atoms with E-state index in [-0.39, 0.29) is 69.4 Å². The molecule has 1 N–H and O–H groups in total. The second-order valence-electron chi connectivity index (χ2n) is 4.85. The fraction of sp³-hybridized carbons (Fsp3) is 0.375. The molecule has 123 valence electrons. The first-order valence-electron chi connectivity index (χ1n) is 6.78. The number of aromatic hydroxyl groups is 1. The molecule has 0 aliphatic rings. The Hall–Kier alpha value is -0.928. The fourth-order valence-electron chi connectivity index (χ4n) is 1.60. The molecule has 0 heterocycles. The van der Waals surface area contributed by atoms with Crippen LogP contribution in [0.3, 0.4) is 0 Å². The summed E-state index contributed by atoms with van der Waals surface area (Å²) in [7, 11) is 0. The van der Waals surface area contributed by atoms with E-state index in [0.717, 1.165) is 0 Å². The quantitative estimate of drug-likeness (QED) is 0.329. The van der Waals surface area contributed by atoms with Gasteiger partial charge in [-0.1, -0.05) is 12.1 Å². The summed E-state index contributed by atoms with van der Waals surface area (Å²) in [5.41, 5.74) is -0.481. The van der Waals surface area contributed by atoms with Crippen molar-refractivity contribution in [1.29, 1.82) is 0 Å². The summed E-state index contributed by atoms with van der Waals surface area (Å²) in [6.07, 6.45) is 1.70. The Morgan fingerprint density at radius 3 is 2.17 bits per heavy atom. The molecule has 0 saturated carbocycles. The number of aliphatic imine (C=N–C) groups is 1. The molecule has 0 spiro atoms. The van der Waals surface area contributed by atoms with Crippen molar-refractivity contribution in [2.75, 3.05) is 13.2 Å². The van der Waals surface area contributed by atoms with E-state index in [1.807, 2.05) is 0 Å². The van der Waals surface area contributed by atoms with Crippen LogP contribution in [0.2, 0.25) is 0 Å². The number of phenols is 1. The minimum Gasteiger partial charge on any atom is -0.507 e. The molecular formula is C16H20AcNO5-. The van der Waals surface area contributed by atoms with Crippen molar-refractivity contribution < 1.29 is 68.2 Å². The molecule has 0 aromatic heterocycles. The molecular weight excluding hydrogens is 513 g/mol. The largest absolute Gasteiger partial charge is 0.507 e. The first kappa shape index (κ1) is 22.1. The van der Waals surface area contributed by atoms with Gasteiger partial charge >= 0.3 is 11.9 Å². The number of carbonyl (C=O) groups is 2. The summed E-state index contributed by atoms with van der Waals surface area (Å²) in [6, 6.07) is 6.67. The molecule has 0 aliphatic carbocycles. The minimum atomic E-state index is -0.986. The number of rotatable bonds is 7. The van der Waals surface area contributed by atoms with Crippen LogP contribution in [-0.4, -0.2) is 42.0 Å². The standard InChI is InChI=1S/C16H20NO5.Ac/c1-4-16(10-21-12(2)18,11-22-13(3)19)17-9-14-7-5-6-8-15(14)20;/h5-9,20H,1,4,10-11H2,2-3H3;/q-1;. The third kappa shape index (κ3) is 7.94. The van der Waals surface area contributed by atoms with Crippen molar-refractivity contribution in [3.63, 3.8) is 0 Å². The van der Waals surface area contributed by atoms with E-state index in [0.29, 0.717) is 5.56 Å². The number of para-hydroxylation sites is 1. The van der Waals surface area contributed by atoms with Gasteiger partial charge < -0.3 is 21.5 Å². The van der Waals surface area contributed by atoms with Crippen molar-refractivity contribution in [2.24, 2.45) is 4.99 Å². The zero-order valence-electron chi connectivity index (χ0n) is 13.3. The number of hydrogen-bond acceptors (Lipinski definition) is 6. The smallest absolute Gasteiger partial charge is 0.302 e. The van der Waals surface area contributed by atoms with Crippen molar-refractivity contribution in [3.8, 4) is 5.75 Å². The monoisotopic (exact) mass is 533 g/mol. The van der Waals surface area contributed by atoms with Gasteiger partial charge in [0, 0.05) is 69.7 Å². The second kappa shape index (κ2) is 10.8. The maximum atomic E-state index is 11.0. The molecule has 0 saturated heterocycles. The van der Waals surface area contributed by atoms with Crippen LogP contribution >= 0.6 is 0 Å². The van der Waals surface area contributed by atoms with Crippen molar-refractivity contribution in [1.82, 2.24) is 0 Å². The number of phenolic OH excluding ortho intramolecular Hbond substituents is 1. The van der Waals surface area contributed by atoms with Crippen LogP contribution in [0.15, 0.2) is 29.3 Å². The van der Waals surface area contributed by atoms with Crippen molar-refractivity contribution in [3.05, 3.63) is 36.8 Å². The Labute approximate surface area is 171 Å². The minimum absolute atomic E-state index is 0. The van der Waals surface area contributed by atoms with Gasteiger partial charge in [-0.2, -0.15) is 0 Å². The molecule has 1 aromatic carbocycles. The average Bonchev–Trinajstić information content (AvgIpc) is 2.48. The van der Waals surface area contributed by atoms with Crippen molar-refractivity contribution in [2.45, 2.75) is 25.8 Å². The SMILES string of the molecule is [Ac].[CH2-]CC(COC(C)=O)(COC(C)=O)N=Cc1ccccc1O. The Bertz CT molecular complexity index is 541. The zero-order valence-corrected chi connectivity index (χ0v) is 18.1. The van der Waals surface area contributed by atoms with Gasteiger partial charge in [0.15, 0.2) is 0 Å². The van der Waals surface area contributed by atoms with Gasteiger partial charge in [0.05, 0.1) is 0 Å². The van der Waals surface area contributed by atoms with E-state index in [2.05, 4.69) is 11.9 Å². The van der Waals surface area contributed by atoms with Crippen LogP contribution in [0.1, 0.15) is 25.8 Å². The van der Waals surface area contributed by atoms with E-state index in [1.54, 1.807) is 18.2 Å². The molecule has 23 heavy (non-hydrogen) atoms. The summed E-state index contributed by atoms with van der Waals surface area (Å²) in [5, 5.41) is 9.74. The second-order valence-corrected chi connectivity index (χ2v) is 4.85. The Balaban J connectivity index is 0.00000484. The molecule has 0 bridgehead atoms. The summed E-state index contributed by atoms with van der Waals surface area (Å²) in [6.45, 7) is 6.23. The molecule has 0 unspecified atom stereocenters. The maximum absolute atomic E-state index is 11.0. The van der Waals surface area contributed by atoms with E-state index >= 15 is 0 Å². The molecule has 1 radical (unpaired) electrons. The third-order valence-corrected chi connectivity index (χ3v) is 2.97. The molecule has 0 aliphatic heterocycles. The summed E-state index contributed by atoms with van der Waals surface area (Å²) in [5.74, 6) is -0.846. The normalized spacial score (nSPS) is 10.9. The number of nitrogens with zero attached hydrogens (tertiary/aromatic N) is 1. The van der Waals surface area contributed by atoms with E-state index in [9.17, 15) is 14.7 Å². The average molecular weight is 533 g/mol. The molecule has 1 aromatic rings. The first-order valence-corrected chi connectivity index (χ1v) is 6.78. The summed E-state index contributed by atoms with van der Waals surface area (Å²) >= 11 is 0. The molecule has 0 atom stereocenters. The van der Waals surface area contributed by atoms with Gasteiger partial charge in [0.2, 0.25) is 0 Å². The van der Waals surface area contributed by atoms with Crippen LogP contribution in [-0.2, 0) is 19.1 Å². The molecule has 0 fully saturated rings. The van der Waals surface area contributed by atoms with Crippen LogP contribution in [0.25, 0.3) is 0 Å². The first-order chi connectivity index (χ1) is 10.4. The Morgan fingerprint density at radius 1 is 1.22 bits per heavy atom. The number of esters is 2. The van der Waals surface area contributed by atoms with Crippen LogP contribution < -0.4 is 0 Å². The van der Waals surface area contributed by atoms with Gasteiger partial charge in [0.25, 0.3) is 0 Å². The number of benzene rings is 1. The topological polar surface area (TPSA) is 85.2 Å².